The summed E-state index contributed by atoms with van der Waals surface area (Å²) in [5.41, 5.74) is 0. The van der Waals surface area contributed by atoms with E-state index in [9.17, 15) is 0 Å². The Morgan fingerprint density at radius 1 is 1.56 bits per heavy atom. The fourth-order valence-corrected chi connectivity index (χ4v) is 1.01. The van der Waals surface area contributed by atoms with Crippen LogP contribution in [0.4, 0.5) is 0 Å². The Balaban J connectivity index is 2.11. The van der Waals surface area contributed by atoms with Crippen LogP contribution in [-0.2, 0) is 9.47 Å². The maximum Gasteiger partial charge on any atom is 0.0833 e. The molecular weight excluding hydrogens is 116 g/mol. The van der Waals surface area contributed by atoms with Crippen LogP contribution in [0.25, 0.3) is 0 Å². The lowest BCUT2D eigenvalue weighted by Gasteiger charge is -2.12. The van der Waals surface area contributed by atoms with Crippen LogP contribution < -0.4 is 0 Å². The summed E-state index contributed by atoms with van der Waals surface area (Å²) >= 11 is 0. The Kier molecular flexibility index (Phi) is 2.49. The second kappa shape index (κ2) is 3.18. The molecule has 2 heteroatoms. The third-order valence-corrected chi connectivity index (χ3v) is 1.35. The molecule has 0 radical (unpaired) electrons. The molecule has 0 aliphatic carbocycles. The van der Waals surface area contributed by atoms with Gasteiger partial charge >= 0.3 is 0 Å². The molecule has 0 spiro atoms. The summed E-state index contributed by atoms with van der Waals surface area (Å²) in [5.74, 6) is 0. The predicted octanol–water partition coefficient (Wildman–Crippen LogP) is 1.20. The van der Waals surface area contributed by atoms with Crippen molar-refractivity contribution in [3.8, 4) is 0 Å². The Morgan fingerprint density at radius 2 is 2.33 bits per heavy atom. The zero-order valence-electron chi connectivity index (χ0n) is 6.09. The molecule has 1 aliphatic rings. The number of ether oxygens (including phenoxy) is 2. The minimum Gasteiger partial charge on any atom is -0.379 e. The predicted molar refractivity (Wildman–Crippen MR) is 35.4 cm³/mol. The van der Waals surface area contributed by atoms with Crippen molar-refractivity contribution in [3.05, 3.63) is 0 Å². The van der Waals surface area contributed by atoms with E-state index in [4.69, 9.17) is 9.47 Å². The minimum absolute atomic E-state index is 0.344. The molecule has 0 unspecified atom stereocenters. The molecule has 9 heavy (non-hydrogen) atoms. The van der Waals surface area contributed by atoms with E-state index in [1.807, 2.05) is 0 Å². The van der Waals surface area contributed by atoms with E-state index in [-0.39, 0.29) is 0 Å². The Hall–Kier alpha value is -0.0800. The van der Waals surface area contributed by atoms with Crippen molar-refractivity contribution >= 4 is 0 Å². The molecule has 0 aromatic rings. The molecular formula is C7H14O2. The summed E-state index contributed by atoms with van der Waals surface area (Å²) in [6.45, 7) is 5.77. The molecule has 1 heterocycles. The summed E-state index contributed by atoms with van der Waals surface area (Å²) in [6.07, 6.45) is 1.78. The third-order valence-electron chi connectivity index (χ3n) is 1.35. The van der Waals surface area contributed by atoms with Crippen LogP contribution in [0, 0.1) is 0 Å². The normalized spacial score (nSPS) is 27.7. The van der Waals surface area contributed by atoms with Gasteiger partial charge < -0.3 is 9.47 Å². The first-order chi connectivity index (χ1) is 4.29. The number of hydrogen-bond donors (Lipinski definition) is 0. The van der Waals surface area contributed by atoms with Gasteiger partial charge in [0.05, 0.1) is 18.8 Å². The summed E-state index contributed by atoms with van der Waals surface area (Å²) in [7, 11) is 0. The van der Waals surface area contributed by atoms with Crippen LogP contribution >= 0.6 is 0 Å². The highest BCUT2D eigenvalue weighted by Crippen LogP contribution is 2.09. The fourth-order valence-electron chi connectivity index (χ4n) is 1.01. The lowest BCUT2D eigenvalue weighted by molar-refractivity contribution is 0.00285. The van der Waals surface area contributed by atoms with Gasteiger partial charge in [0, 0.05) is 6.61 Å². The van der Waals surface area contributed by atoms with Gasteiger partial charge in [-0.1, -0.05) is 0 Å². The fraction of sp³-hybridized carbons (Fsp3) is 1.00. The Labute approximate surface area is 56.2 Å². The van der Waals surface area contributed by atoms with E-state index in [1.54, 1.807) is 0 Å². The standard InChI is InChI=1S/C7H14O2/c1-6(2)9-7-3-4-8-5-7/h6-7H,3-5H2,1-2H3/t7-/m1/s1. The summed E-state index contributed by atoms with van der Waals surface area (Å²) < 4.78 is 10.6. The van der Waals surface area contributed by atoms with E-state index in [0.29, 0.717) is 12.2 Å². The van der Waals surface area contributed by atoms with Gasteiger partial charge in [0.25, 0.3) is 0 Å². The lowest BCUT2D eigenvalue weighted by Crippen LogP contribution is -2.17. The second-order valence-corrected chi connectivity index (χ2v) is 2.67. The molecule has 1 rings (SSSR count). The highest BCUT2D eigenvalue weighted by molar-refractivity contribution is 4.63. The highest BCUT2D eigenvalue weighted by atomic mass is 16.5. The Morgan fingerprint density at radius 3 is 2.78 bits per heavy atom. The van der Waals surface area contributed by atoms with Crippen molar-refractivity contribution in [2.75, 3.05) is 13.2 Å². The zero-order chi connectivity index (χ0) is 6.69. The third kappa shape index (κ3) is 2.33. The summed E-state index contributed by atoms with van der Waals surface area (Å²) in [6, 6.07) is 0. The molecule has 0 aromatic heterocycles. The van der Waals surface area contributed by atoms with Crippen LogP contribution in [0.15, 0.2) is 0 Å². The van der Waals surface area contributed by atoms with Gasteiger partial charge in [0.15, 0.2) is 0 Å². The molecule has 1 atom stereocenters. The molecule has 1 aliphatic heterocycles. The van der Waals surface area contributed by atoms with Gasteiger partial charge in [-0.2, -0.15) is 0 Å². The molecule has 2 nitrogen and oxygen atoms in total. The van der Waals surface area contributed by atoms with Gasteiger partial charge in [0.2, 0.25) is 0 Å². The van der Waals surface area contributed by atoms with Gasteiger partial charge in [0.1, 0.15) is 0 Å². The largest absolute Gasteiger partial charge is 0.379 e. The van der Waals surface area contributed by atoms with Crippen LogP contribution in [0.2, 0.25) is 0 Å². The van der Waals surface area contributed by atoms with Crippen molar-refractivity contribution in [2.24, 2.45) is 0 Å². The quantitative estimate of drug-likeness (QED) is 0.559. The van der Waals surface area contributed by atoms with Gasteiger partial charge in [-0.3, -0.25) is 0 Å². The first kappa shape index (κ1) is 7.03. The first-order valence-corrected chi connectivity index (χ1v) is 3.52. The smallest absolute Gasteiger partial charge is 0.0833 e. The van der Waals surface area contributed by atoms with Gasteiger partial charge in [-0.15, -0.1) is 0 Å². The topological polar surface area (TPSA) is 18.5 Å². The van der Waals surface area contributed by atoms with Crippen LogP contribution in [-0.4, -0.2) is 25.4 Å². The van der Waals surface area contributed by atoms with E-state index in [2.05, 4.69) is 13.8 Å². The average molecular weight is 130 g/mol. The minimum atomic E-state index is 0.344. The van der Waals surface area contributed by atoms with Crippen molar-refractivity contribution in [3.63, 3.8) is 0 Å². The van der Waals surface area contributed by atoms with E-state index in [0.717, 1.165) is 19.6 Å². The van der Waals surface area contributed by atoms with Crippen LogP contribution in [0.3, 0.4) is 0 Å². The maximum atomic E-state index is 5.49. The molecule has 0 N–H and O–H groups in total. The SMILES string of the molecule is CC(C)O[C@@H]1CCOC1. The number of rotatable bonds is 2. The Bertz CT molecular complexity index is 75.0. The first-order valence-electron chi connectivity index (χ1n) is 3.52. The van der Waals surface area contributed by atoms with Crippen molar-refractivity contribution < 1.29 is 9.47 Å². The molecule has 54 valence electrons. The number of hydrogen-bond acceptors (Lipinski definition) is 2. The van der Waals surface area contributed by atoms with Crippen molar-refractivity contribution in [1.29, 1.82) is 0 Å². The van der Waals surface area contributed by atoms with E-state index < -0.39 is 0 Å². The average Bonchev–Trinajstić information content (AvgIpc) is 2.15. The maximum absolute atomic E-state index is 5.49. The van der Waals surface area contributed by atoms with Gasteiger partial charge in [-0.05, 0) is 20.3 Å². The molecule has 0 aromatic carbocycles. The van der Waals surface area contributed by atoms with Gasteiger partial charge in [-0.25, -0.2) is 0 Å². The van der Waals surface area contributed by atoms with E-state index in [1.165, 1.54) is 0 Å². The molecule has 0 bridgehead atoms. The van der Waals surface area contributed by atoms with Crippen LogP contribution in [0.5, 0.6) is 0 Å². The molecule has 1 saturated heterocycles. The van der Waals surface area contributed by atoms with E-state index >= 15 is 0 Å². The summed E-state index contributed by atoms with van der Waals surface area (Å²) in [4.78, 5) is 0. The summed E-state index contributed by atoms with van der Waals surface area (Å²) in [5, 5.41) is 0. The highest BCUT2D eigenvalue weighted by Gasteiger charge is 2.16. The van der Waals surface area contributed by atoms with Crippen LogP contribution in [0.1, 0.15) is 20.3 Å². The second-order valence-electron chi connectivity index (χ2n) is 2.67. The molecule has 1 fully saturated rings. The lowest BCUT2D eigenvalue weighted by atomic mass is 10.3. The molecule has 0 amide bonds. The van der Waals surface area contributed by atoms with Crippen molar-refractivity contribution in [2.45, 2.75) is 32.5 Å². The van der Waals surface area contributed by atoms with Crippen molar-refractivity contribution in [1.82, 2.24) is 0 Å². The molecule has 0 saturated carbocycles. The zero-order valence-corrected chi connectivity index (χ0v) is 6.09. The monoisotopic (exact) mass is 130 g/mol.